The summed E-state index contributed by atoms with van der Waals surface area (Å²) in [6.45, 7) is 4.18. The van der Waals surface area contributed by atoms with E-state index >= 15 is 0 Å². The number of nitrogens with zero attached hydrogens (tertiary/aromatic N) is 2. The van der Waals surface area contributed by atoms with E-state index < -0.39 is 0 Å². The molecule has 0 aliphatic rings. The second-order valence-electron chi connectivity index (χ2n) is 4.49. The lowest BCUT2D eigenvalue weighted by atomic mass is 10.3. The molecule has 0 unspecified atom stereocenters. The number of nitrogens with one attached hydrogen (secondary N) is 1. The maximum absolute atomic E-state index is 6.30. The van der Waals surface area contributed by atoms with E-state index in [0.29, 0.717) is 0 Å². The summed E-state index contributed by atoms with van der Waals surface area (Å²) in [5, 5.41) is 3.97. The average Bonchev–Trinajstić information content (AvgIpc) is 2.70. The largest absolute Gasteiger partial charge is 0.327 e. The van der Waals surface area contributed by atoms with Crippen LogP contribution < -0.4 is 5.32 Å². The molecule has 0 fully saturated rings. The Morgan fingerprint density at radius 1 is 1.39 bits per heavy atom. The van der Waals surface area contributed by atoms with Crippen LogP contribution in [0, 0.1) is 0 Å². The number of rotatable bonds is 6. The lowest BCUT2D eigenvalue weighted by molar-refractivity contribution is 0.626. The van der Waals surface area contributed by atoms with Crippen LogP contribution in [-0.4, -0.2) is 23.1 Å². The SMILES string of the molecule is CCCn1c(CCCNC)nc2cccc(Cl)c21. The molecule has 1 aromatic heterocycles. The molecule has 1 N–H and O–H groups in total. The van der Waals surface area contributed by atoms with Crippen molar-refractivity contribution in [3.8, 4) is 0 Å². The van der Waals surface area contributed by atoms with Crippen LogP contribution in [-0.2, 0) is 13.0 Å². The van der Waals surface area contributed by atoms with Crippen molar-refractivity contribution in [2.45, 2.75) is 32.7 Å². The van der Waals surface area contributed by atoms with Gasteiger partial charge >= 0.3 is 0 Å². The summed E-state index contributed by atoms with van der Waals surface area (Å²) in [7, 11) is 1.98. The number of fused-ring (bicyclic) bond motifs is 1. The Morgan fingerprint density at radius 2 is 2.22 bits per heavy atom. The second kappa shape index (κ2) is 6.21. The maximum Gasteiger partial charge on any atom is 0.109 e. The minimum absolute atomic E-state index is 0.799. The molecular formula is C14H20ClN3. The molecule has 1 aromatic carbocycles. The zero-order valence-corrected chi connectivity index (χ0v) is 11.8. The Labute approximate surface area is 113 Å². The predicted octanol–water partition coefficient (Wildman–Crippen LogP) is 3.25. The quantitative estimate of drug-likeness (QED) is 0.813. The van der Waals surface area contributed by atoms with Crippen LogP contribution in [0.3, 0.4) is 0 Å². The molecule has 0 amide bonds. The van der Waals surface area contributed by atoms with E-state index in [1.165, 1.54) is 0 Å². The summed E-state index contributed by atoms with van der Waals surface area (Å²) < 4.78 is 2.27. The molecule has 0 saturated carbocycles. The fraction of sp³-hybridized carbons (Fsp3) is 0.500. The van der Waals surface area contributed by atoms with Gasteiger partial charge in [0.05, 0.1) is 16.1 Å². The van der Waals surface area contributed by atoms with E-state index in [9.17, 15) is 0 Å². The second-order valence-corrected chi connectivity index (χ2v) is 4.90. The maximum atomic E-state index is 6.30. The molecule has 0 aliphatic heterocycles. The van der Waals surface area contributed by atoms with Gasteiger partial charge in [-0.15, -0.1) is 0 Å². The van der Waals surface area contributed by atoms with Crippen molar-refractivity contribution in [1.29, 1.82) is 0 Å². The number of para-hydroxylation sites is 1. The number of hydrogen-bond donors (Lipinski definition) is 1. The Hall–Kier alpha value is -1.06. The lowest BCUT2D eigenvalue weighted by Gasteiger charge is -2.08. The van der Waals surface area contributed by atoms with Crippen LogP contribution in [0.1, 0.15) is 25.6 Å². The van der Waals surface area contributed by atoms with Crippen molar-refractivity contribution in [3.63, 3.8) is 0 Å². The summed E-state index contributed by atoms with van der Waals surface area (Å²) in [4.78, 5) is 4.71. The highest BCUT2D eigenvalue weighted by Gasteiger charge is 2.12. The summed E-state index contributed by atoms with van der Waals surface area (Å²) in [5.74, 6) is 1.15. The van der Waals surface area contributed by atoms with Crippen molar-refractivity contribution in [3.05, 3.63) is 29.0 Å². The van der Waals surface area contributed by atoms with E-state index in [1.807, 2.05) is 25.2 Å². The zero-order valence-electron chi connectivity index (χ0n) is 11.0. The molecule has 0 spiro atoms. The molecule has 0 saturated heterocycles. The van der Waals surface area contributed by atoms with Gasteiger partial charge in [-0.25, -0.2) is 4.98 Å². The summed E-state index contributed by atoms with van der Waals surface area (Å²) >= 11 is 6.30. The number of aryl methyl sites for hydroxylation is 2. The van der Waals surface area contributed by atoms with Crippen molar-refractivity contribution in [2.75, 3.05) is 13.6 Å². The van der Waals surface area contributed by atoms with Gasteiger partial charge in [0.1, 0.15) is 5.82 Å². The fourth-order valence-corrected chi connectivity index (χ4v) is 2.54. The summed E-state index contributed by atoms with van der Waals surface area (Å²) in [6, 6.07) is 5.94. The van der Waals surface area contributed by atoms with Crippen molar-refractivity contribution < 1.29 is 0 Å². The molecule has 0 radical (unpaired) electrons. The van der Waals surface area contributed by atoms with Crippen LogP contribution >= 0.6 is 11.6 Å². The minimum atomic E-state index is 0.799. The highest BCUT2D eigenvalue weighted by Crippen LogP contribution is 2.25. The molecule has 2 aromatic rings. The van der Waals surface area contributed by atoms with Gasteiger partial charge in [-0.3, -0.25) is 0 Å². The van der Waals surface area contributed by atoms with Gasteiger partial charge in [-0.2, -0.15) is 0 Å². The third-order valence-electron chi connectivity index (χ3n) is 3.07. The normalized spacial score (nSPS) is 11.3. The molecule has 1 heterocycles. The summed E-state index contributed by atoms with van der Waals surface area (Å²) in [5.41, 5.74) is 2.09. The van der Waals surface area contributed by atoms with Gasteiger partial charge in [0.25, 0.3) is 0 Å². The first-order valence-corrected chi connectivity index (χ1v) is 6.94. The smallest absolute Gasteiger partial charge is 0.109 e. The number of benzene rings is 1. The molecule has 2 rings (SSSR count). The van der Waals surface area contributed by atoms with E-state index in [4.69, 9.17) is 16.6 Å². The predicted molar refractivity (Wildman–Crippen MR) is 77.3 cm³/mol. The molecule has 4 heteroatoms. The van der Waals surface area contributed by atoms with E-state index in [-0.39, 0.29) is 0 Å². The lowest BCUT2D eigenvalue weighted by Crippen LogP contribution is -2.11. The first-order valence-electron chi connectivity index (χ1n) is 6.56. The zero-order chi connectivity index (χ0) is 13.0. The Balaban J connectivity index is 2.38. The molecule has 0 atom stereocenters. The highest BCUT2D eigenvalue weighted by molar-refractivity contribution is 6.35. The third kappa shape index (κ3) is 2.68. The molecule has 18 heavy (non-hydrogen) atoms. The van der Waals surface area contributed by atoms with Gasteiger partial charge < -0.3 is 9.88 Å². The highest BCUT2D eigenvalue weighted by atomic mass is 35.5. The van der Waals surface area contributed by atoms with Crippen molar-refractivity contribution in [2.24, 2.45) is 0 Å². The van der Waals surface area contributed by atoms with Gasteiger partial charge in [-0.05, 0) is 38.6 Å². The van der Waals surface area contributed by atoms with Gasteiger partial charge in [0, 0.05) is 13.0 Å². The molecular weight excluding hydrogens is 246 g/mol. The monoisotopic (exact) mass is 265 g/mol. The molecule has 98 valence electrons. The van der Waals surface area contributed by atoms with E-state index in [0.717, 1.165) is 54.2 Å². The van der Waals surface area contributed by atoms with Crippen molar-refractivity contribution >= 4 is 22.6 Å². The van der Waals surface area contributed by atoms with Crippen LogP contribution in [0.25, 0.3) is 11.0 Å². The Kier molecular flexibility index (Phi) is 4.61. The number of halogens is 1. The first-order chi connectivity index (χ1) is 8.77. The first kappa shape index (κ1) is 13.4. The number of aromatic nitrogens is 2. The Morgan fingerprint density at radius 3 is 2.94 bits per heavy atom. The van der Waals surface area contributed by atoms with Crippen LogP contribution in [0.2, 0.25) is 5.02 Å². The van der Waals surface area contributed by atoms with E-state index in [2.05, 4.69) is 16.8 Å². The van der Waals surface area contributed by atoms with Gasteiger partial charge in [-0.1, -0.05) is 24.6 Å². The van der Waals surface area contributed by atoms with Crippen LogP contribution in [0.4, 0.5) is 0 Å². The van der Waals surface area contributed by atoms with Crippen LogP contribution in [0.15, 0.2) is 18.2 Å². The van der Waals surface area contributed by atoms with Crippen LogP contribution in [0.5, 0.6) is 0 Å². The average molecular weight is 266 g/mol. The standard InChI is InChI=1S/C14H20ClN3/c1-3-10-18-13(8-5-9-16-2)17-12-7-4-6-11(15)14(12)18/h4,6-7,16H,3,5,8-10H2,1-2H3. The minimum Gasteiger partial charge on any atom is -0.327 e. The third-order valence-corrected chi connectivity index (χ3v) is 3.38. The van der Waals surface area contributed by atoms with Gasteiger partial charge in [0.15, 0.2) is 0 Å². The van der Waals surface area contributed by atoms with Gasteiger partial charge in [0.2, 0.25) is 0 Å². The molecule has 0 aliphatic carbocycles. The van der Waals surface area contributed by atoms with E-state index in [1.54, 1.807) is 0 Å². The summed E-state index contributed by atoms with van der Waals surface area (Å²) in [6.07, 6.45) is 3.18. The number of imidazole rings is 1. The topological polar surface area (TPSA) is 29.9 Å². The molecule has 3 nitrogen and oxygen atoms in total. The fourth-order valence-electron chi connectivity index (χ4n) is 2.27. The van der Waals surface area contributed by atoms with Crippen molar-refractivity contribution in [1.82, 2.24) is 14.9 Å². The Bertz CT molecular complexity index is 519. The number of hydrogen-bond acceptors (Lipinski definition) is 2. The molecule has 0 bridgehead atoms.